The highest BCUT2D eigenvalue weighted by Crippen LogP contribution is 2.25. The smallest absolute Gasteiger partial charge is 0.0656 e. The Balaban J connectivity index is 1.93. The maximum Gasteiger partial charge on any atom is 0.0656 e. The highest BCUT2D eigenvalue weighted by Gasteiger charge is 2.11. The number of benzene rings is 1. The Morgan fingerprint density at radius 1 is 0.952 bits per heavy atom. The Hall–Kier alpha value is -2.55. The van der Waals surface area contributed by atoms with Crippen molar-refractivity contribution in [2.45, 2.75) is 20.8 Å². The van der Waals surface area contributed by atoms with Crippen molar-refractivity contribution < 1.29 is 0 Å². The van der Waals surface area contributed by atoms with Crippen molar-refractivity contribution in [1.29, 1.82) is 0 Å². The molecule has 2 aromatic heterocycles. The fourth-order valence-corrected chi connectivity index (χ4v) is 2.37. The van der Waals surface area contributed by atoms with Gasteiger partial charge in [-0.3, -0.25) is 4.99 Å². The summed E-state index contributed by atoms with van der Waals surface area (Å²) < 4.78 is 0. The van der Waals surface area contributed by atoms with Gasteiger partial charge in [-0.05, 0) is 56.2 Å². The van der Waals surface area contributed by atoms with Crippen molar-refractivity contribution in [1.82, 2.24) is 9.97 Å². The second-order valence-corrected chi connectivity index (χ2v) is 5.34. The molecule has 106 valence electrons. The Labute approximate surface area is 124 Å². The molecule has 0 atom stereocenters. The lowest BCUT2D eigenvalue weighted by Gasteiger charge is -1.95. The van der Waals surface area contributed by atoms with Gasteiger partial charge in [-0.1, -0.05) is 17.7 Å². The Morgan fingerprint density at radius 2 is 1.71 bits per heavy atom. The number of hydrogen-bond donors (Lipinski definition) is 2. The zero-order valence-electron chi connectivity index (χ0n) is 12.6. The highest BCUT2D eigenvalue weighted by molar-refractivity contribution is 5.84. The third-order valence-electron chi connectivity index (χ3n) is 3.85. The molecule has 0 saturated carbocycles. The maximum absolute atomic E-state index is 4.55. The van der Waals surface area contributed by atoms with E-state index >= 15 is 0 Å². The molecule has 0 bridgehead atoms. The van der Waals surface area contributed by atoms with E-state index in [4.69, 9.17) is 0 Å². The van der Waals surface area contributed by atoms with Gasteiger partial charge in [-0.15, -0.1) is 0 Å². The molecule has 0 unspecified atom stereocenters. The largest absolute Gasteiger partial charge is 0.360 e. The minimum absolute atomic E-state index is 0.966. The fourth-order valence-electron chi connectivity index (χ4n) is 2.37. The summed E-state index contributed by atoms with van der Waals surface area (Å²) in [4.78, 5) is 11.2. The molecule has 0 aliphatic carbocycles. The van der Waals surface area contributed by atoms with Crippen LogP contribution in [0.2, 0.25) is 0 Å². The Bertz CT molecular complexity index is 760. The fraction of sp³-hybridized carbons (Fsp3) is 0.167. The Kier molecular flexibility index (Phi) is 3.48. The third kappa shape index (κ3) is 2.68. The van der Waals surface area contributed by atoms with E-state index in [2.05, 4.69) is 53.9 Å². The minimum atomic E-state index is 0.966. The van der Waals surface area contributed by atoms with Gasteiger partial charge in [0.2, 0.25) is 0 Å². The van der Waals surface area contributed by atoms with Crippen LogP contribution in [0, 0.1) is 20.8 Å². The molecule has 21 heavy (non-hydrogen) atoms. The van der Waals surface area contributed by atoms with Crippen LogP contribution in [0.3, 0.4) is 0 Å². The first kappa shape index (κ1) is 13.4. The van der Waals surface area contributed by atoms with Crippen LogP contribution in [0.5, 0.6) is 0 Å². The molecule has 0 radical (unpaired) electrons. The molecule has 0 aliphatic heterocycles. The second kappa shape index (κ2) is 5.44. The van der Waals surface area contributed by atoms with E-state index in [0.717, 1.165) is 22.8 Å². The van der Waals surface area contributed by atoms with Crippen molar-refractivity contribution in [3.05, 3.63) is 65.0 Å². The normalized spacial score (nSPS) is 11.4. The average molecular weight is 277 g/mol. The van der Waals surface area contributed by atoms with Crippen LogP contribution in [-0.4, -0.2) is 16.2 Å². The summed E-state index contributed by atoms with van der Waals surface area (Å²) in [6.07, 6.45) is 3.84. The number of H-pyrrole nitrogens is 2. The van der Waals surface area contributed by atoms with E-state index in [0.29, 0.717) is 0 Å². The SMILES string of the molecule is Cc1ccc(N=Cc2[nH]c(-c3ccc[nH]3)c(C)c2C)cc1. The number of hydrogen-bond acceptors (Lipinski definition) is 1. The van der Waals surface area contributed by atoms with Crippen molar-refractivity contribution >= 4 is 11.9 Å². The van der Waals surface area contributed by atoms with Gasteiger partial charge in [0.05, 0.1) is 29.0 Å². The number of nitrogens with one attached hydrogen (secondary N) is 2. The molecule has 2 N–H and O–H groups in total. The molecule has 1 aromatic carbocycles. The number of nitrogens with zero attached hydrogens (tertiary/aromatic N) is 1. The lowest BCUT2D eigenvalue weighted by Crippen LogP contribution is -1.84. The van der Waals surface area contributed by atoms with Crippen LogP contribution in [0.15, 0.2) is 47.6 Å². The van der Waals surface area contributed by atoms with Gasteiger partial charge in [-0.2, -0.15) is 0 Å². The zero-order chi connectivity index (χ0) is 14.8. The molecule has 0 fully saturated rings. The quantitative estimate of drug-likeness (QED) is 0.653. The van der Waals surface area contributed by atoms with Gasteiger partial charge in [-0.25, -0.2) is 0 Å². The second-order valence-electron chi connectivity index (χ2n) is 5.34. The predicted octanol–water partition coefficient (Wildman–Crippen LogP) is 4.69. The van der Waals surface area contributed by atoms with Crippen molar-refractivity contribution in [2.24, 2.45) is 4.99 Å². The predicted molar refractivity (Wildman–Crippen MR) is 88.5 cm³/mol. The summed E-state index contributed by atoms with van der Waals surface area (Å²) in [7, 11) is 0. The number of rotatable bonds is 3. The first-order valence-electron chi connectivity index (χ1n) is 7.09. The van der Waals surface area contributed by atoms with E-state index < -0.39 is 0 Å². The van der Waals surface area contributed by atoms with Gasteiger partial charge >= 0.3 is 0 Å². The molecule has 2 heterocycles. The van der Waals surface area contributed by atoms with Crippen LogP contribution >= 0.6 is 0 Å². The molecular weight excluding hydrogens is 258 g/mol. The molecule has 3 nitrogen and oxygen atoms in total. The van der Waals surface area contributed by atoms with Gasteiger partial charge in [0.15, 0.2) is 0 Å². The van der Waals surface area contributed by atoms with E-state index in [-0.39, 0.29) is 0 Å². The van der Waals surface area contributed by atoms with Gasteiger partial charge in [0, 0.05) is 6.20 Å². The zero-order valence-corrected chi connectivity index (χ0v) is 12.6. The van der Waals surface area contributed by atoms with E-state index in [1.807, 2.05) is 30.6 Å². The molecule has 3 rings (SSSR count). The number of aromatic amines is 2. The van der Waals surface area contributed by atoms with Gasteiger partial charge in [0.1, 0.15) is 0 Å². The van der Waals surface area contributed by atoms with E-state index in [1.54, 1.807) is 0 Å². The summed E-state index contributed by atoms with van der Waals surface area (Å²) in [6.45, 7) is 6.33. The van der Waals surface area contributed by atoms with Crippen molar-refractivity contribution in [3.63, 3.8) is 0 Å². The topological polar surface area (TPSA) is 43.9 Å². The molecule has 0 aliphatic rings. The molecule has 0 amide bonds. The summed E-state index contributed by atoms with van der Waals surface area (Å²) in [5, 5.41) is 0. The monoisotopic (exact) mass is 277 g/mol. The highest BCUT2D eigenvalue weighted by atomic mass is 14.8. The molecule has 0 saturated heterocycles. The third-order valence-corrected chi connectivity index (χ3v) is 3.85. The van der Waals surface area contributed by atoms with E-state index in [1.165, 1.54) is 16.7 Å². The van der Waals surface area contributed by atoms with Crippen molar-refractivity contribution in [3.8, 4) is 11.4 Å². The summed E-state index contributed by atoms with van der Waals surface area (Å²) in [6, 6.07) is 12.3. The van der Waals surface area contributed by atoms with Crippen LogP contribution < -0.4 is 0 Å². The van der Waals surface area contributed by atoms with Gasteiger partial charge in [0.25, 0.3) is 0 Å². The first-order chi connectivity index (χ1) is 10.1. The summed E-state index contributed by atoms with van der Waals surface area (Å²) in [5.41, 5.74) is 7.98. The average Bonchev–Trinajstić information content (AvgIpc) is 3.10. The van der Waals surface area contributed by atoms with E-state index in [9.17, 15) is 0 Å². The minimum Gasteiger partial charge on any atom is -0.360 e. The summed E-state index contributed by atoms with van der Waals surface area (Å²) >= 11 is 0. The van der Waals surface area contributed by atoms with Crippen LogP contribution in [0.4, 0.5) is 5.69 Å². The van der Waals surface area contributed by atoms with Crippen LogP contribution in [-0.2, 0) is 0 Å². The molecule has 3 heteroatoms. The van der Waals surface area contributed by atoms with Crippen LogP contribution in [0.25, 0.3) is 11.4 Å². The molecule has 3 aromatic rings. The van der Waals surface area contributed by atoms with Crippen LogP contribution in [0.1, 0.15) is 22.4 Å². The van der Waals surface area contributed by atoms with Crippen molar-refractivity contribution in [2.75, 3.05) is 0 Å². The van der Waals surface area contributed by atoms with Gasteiger partial charge < -0.3 is 9.97 Å². The summed E-state index contributed by atoms with van der Waals surface area (Å²) in [5.74, 6) is 0. The standard InChI is InChI=1S/C18H19N3/c1-12-6-8-15(9-7-12)20-11-17-13(2)14(3)18(21-17)16-5-4-10-19-16/h4-11,19,21H,1-3H3. The lowest BCUT2D eigenvalue weighted by atomic mass is 10.1. The maximum atomic E-state index is 4.55. The molecular formula is C18H19N3. The molecule has 0 spiro atoms. The lowest BCUT2D eigenvalue weighted by molar-refractivity contribution is 1.30. The Morgan fingerprint density at radius 3 is 2.38 bits per heavy atom. The number of aromatic nitrogens is 2. The number of aliphatic imine (C=N–C) groups is 1. The number of aryl methyl sites for hydroxylation is 1. The first-order valence-corrected chi connectivity index (χ1v) is 7.09.